The van der Waals surface area contributed by atoms with Crippen LogP contribution in [0, 0.1) is 0 Å². The summed E-state index contributed by atoms with van der Waals surface area (Å²) in [7, 11) is 0. The number of amides is 2. The summed E-state index contributed by atoms with van der Waals surface area (Å²) in [5.74, 6) is -0.724. The second-order valence-corrected chi connectivity index (χ2v) is 7.42. The third kappa shape index (κ3) is 5.66. The lowest BCUT2D eigenvalue weighted by atomic mass is 10.1. The fraction of sp³-hybridized carbons (Fsp3) is 0.190. The van der Waals surface area contributed by atoms with Crippen LogP contribution >= 0.6 is 11.3 Å². The molecular weight excluding hydrogens is 415 g/mol. The van der Waals surface area contributed by atoms with Crippen molar-refractivity contribution in [2.75, 3.05) is 6.54 Å². The Labute approximate surface area is 174 Å². The number of halogens is 3. The molecule has 0 aliphatic carbocycles. The van der Waals surface area contributed by atoms with Crippen molar-refractivity contribution in [3.8, 4) is 10.6 Å². The molecule has 0 atom stereocenters. The molecule has 156 valence electrons. The average Bonchev–Trinajstić information content (AvgIpc) is 3.16. The fourth-order valence-electron chi connectivity index (χ4n) is 2.78. The van der Waals surface area contributed by atoms with Gasteiger partial charge in [-0.05, 0) is 36.2 Å². The third-order valence-electron chi connectivity index (χ3n) is 4.30. The van der Waals surface area contributed by atoms with Crippen LogP contribution in [-0.4, -0.2) is 23.3 Å². The summed E-state index contributed by atoms with van der Waals surface area (Å²) in [4.78, 5) is 27.7. The van der Waals surface area contributed by atoms with Gasteiger partial charge in [0.05, 0.1) is 17.7 Å². The quantitative estimate of drug-likeness (QED) is 0.594. The maximum Gasteiger partial charge on any atom is 0.416 e. The Morgan fingerprint density at radius 1 is 1.10 bits per heavy atom. The molecule has 2 aromatic carbocycles. The van der Waals surface area contributed by atoms with Crippen LogP contribution < -0.4 is 11.1 Å². The van der Waals surface area contributed by atoms with Crippen molar-refractivity contribution in [3.05, 3.63) is 76.3 Å². The van der Waals surface area contributed by atoms with Gasteiger partial charge in [0.15, 0.2) is 0 Å². The summed E-state index contributed by atoms with van der Waals surface area (Å²) in [6, 6.07) is 11.6. The van der Waals surface area contributed by atoms with Gasteiger partial charge in [0, 0.05) is 23.1 Å². The van der Waals surface area contributed by atoms with Crippen LogP contribution in [0.4, 0.5) is 13.2 Å². The first-order valence-electron chi connectivity index (χ1n) is 9.00. The normalized spacial score (nSPS) is 11.3. The highest BCUT2D eigenvalue weighted by Gasteiger charge is 2.30. The van der Waals surface area contributed by atoms with Crippen molar-refractivity contribution < 1.29 is 22.8 Å². The van der Waals surface area contributed by atoms with Crippen LogP contribution in [0.3, 0.4) is 0 Å². The Bertz CT molecular complexity index is 1050. The van der Waals surface area contributed by atoms with E-state index < -0.39 is 17.6 Å². The summed E-state index contributed by atoms with van der Waals surface area (Å²) in [6.07, 6.45) is -3.77. The van der Waals surface area contributed by atoms with E-state index in [1.54, 1.807) is 23.6 Å². The second kappa shape index (κ2) is 9.08. The number of nitrogens with two attached hydrogens (primary N) is 1. The van der Waals surface area contributed by atoms with Crippen LogP contribution in [0.15, 0.2) is 53.9 Å². The molecule has 0 spiro atoms. The molecule has 3 aromatic rings. The van der Waals surface area contributed by atoms with Crippen molar-refractivity contribution >= 4 is 23.2 Å². The molecule has 3 rings (SSSR count). The van der Waals surface area contributed by atoms with Gasteiger partial charge in [0.2, 0.25) is 11.8 Å². The molecule has 1 aromatic heterocycles. The van der Waals surface area contributed by atoms with Crippen molar-refractivity contribution in [1.29, 1.82) is 0 Å². The van der Waals surface area contributed by atoms with Gasteiger partial charge in [-0.3, -0.25) is 9.59 Å². The number of carbonyl (C=O) groups excluding carboxylic acids is 2. The van der Waals surface area contributed by atoms with Crippen molar-refractivity contribution in [2.24, 2.45) is 5.73 Å². The van der Waals surface area contributed by atoms with Crippen LogP contribution in [-0.2, 0) is 23.8 Å². The minimum atomic E-state index is -4.38. The molecule has 9 heteroatoms. The van der Waals surface area contributed by atoms with Crippen LogP contribution in [0.5, 0.6) is 0 Å². The smallest absolute Gasteiger partial charge is 0.366 e. The third-order valence-corrected chi connectivity index (χ3v) is 5.24. The minimum Gasteiger partial charge on any atom is -0.366 e. The van der Waals surface area contributed by atoms with E-state index in [-0.39, 0.29) is 12.3 Å². The van der Waals surface area contributed by atoms with E-state index in [0.717, 1.165) is 17.7 Å². The van der Waals surface area contributed by atoms with Gasteiger partial charge >= 0.3 is 6.18 Å². The fourth-order valence-corrected chi connectivity index (χ4v) is 3.60. The summed E-state index contributed by atoms with van der Waals surface area (Å²) in [6.45, 7) is 0.386. The zero-order valence-corrected chi connectivity index (χ0v) is 16.5. The highest BCUT2D eigenvalue weighted by molar-refractivity contribution is 7.13. The van der Waals surface area contributed by atoms with Gasteiger partial charge in [-0.2, -0.15) is 13.2 Å². The molecule has 30 heavy (non-hydrogen) atoms. The monoisotopic (exact) mass is 433 g/mol. The maximum atomic E-state index is 12.7. The van der Waals surface area contributed by atoms with Gasteiger partial charge in [0.25, 0.3) is 0 Å². The predicted octanol–water partition coefficient (Wildman–Crippen LogP) is 3.83. The zero-order chi connectivity index (χ0) is 21.7. The molecule has 2 amide bonds. The number of primary amides is 1. The molecule has 1 heterocycles. The summed E-state index contributed by atoms with van der Waals surface area (Å²) in [5.41, 5.74) is 6.93. The van der Waals surface area contributed by atoms with Crippen molar-refractivity contribution in [1.82, 2.24) is 10.3 Å². The molecule has 5 nitrogen and oxygen atoms in total. The lowest BCUT2D eigenvalue weighted by Crippen LogP contribution is -2.27. The number of nitrogens with zero attached hydrogens (tertiary/aromatic N) is 1. The molecule has 0 aliphatic rings. The van der Waals surface area contributed by atoms with Gasteiger partial charge < -0.3 is 11.1 Å². The van der Waals surface area contributed by atoms with Crippen molar-refractivity contribution in [3.63, 3.8) is 0 Å². The predicted molar refractivity (Wildman–Crippen MR) is 108 cm³/mol. The van der Waals surface area contributed by atoms with Gasteiger partial charge in [-0.15, -0.1) is 11.3 Å². The Morgan fingerprint density at radius 2 is 1.83 bits per heavy atom. The Morgan fingerprint density at radius 3 is 2.50 bits per heavy atom. The lowest BCUT2D eigenvalue weighted by molar-refractivity contribution is -0.137. The van der Waals surface area contributed by atoms with Crippen LogP contribution in [0.25, 0.3) is 10.6 Å². The van der Waals surface area contributed by atoms with Gasteiger partial charge in [0.1, 0.15) is 5.01 Å². The first-order chi connectivity index (χ1) is 14.2. The summed E-state index contributed by atoms with van der Waals surface area (Å²) in [5, 5.41) is 5.05. The number of rotatable bonds is 7. The topological polar surface area (TPSA) is 85.1 Å². The summed E-state index contributed by atoms with van der Waals surface area (Å²) >= 11 is 1.27. The first kappa shape index (κ1) is 21.5. The molecule has 0 fully saturated rings. The maximum absolute atomic E-state index is 12.7. The minimum absolute atomic E-state index is 0.0679. The highest BCUT2D eigenvalue weighted by atomic mass is 32.1. The SMILES string of the molecule is NC(=O)c1cccc(CCNC(=O)Cc2csc(-c3ccc(C(F)(F)F)cc3)n2)c1. The second-order valence-electron chi connectivity index (χ2n) is 6.56. The molecule has 0 unspecified atom stereocenters. The number of nitrogens with one attached hydrogen (secondary N) is 1. The average molecular weight is 433 g/mol. The Hall–Kier alpha value is -3.20. The van der Waals surface area contributed by atoms with E-state index in [2.05, 4.69) is 10.3 Å². The van der Waals surface area contributed by atoms with Crippen molar-refractivity contribution in [2.45, 2.75) is 19.0 Å². The summed E-state index contributed by atoms with van der Waals surface area (Å²) < 4.78 is 38.0. The molecule has 0 radical (unpaired) electrons. The molecule has 3 N–H and O–H groups in total. The number of thiazole rings is 1. The molecule has 0 saturated heterocycles. The van der Waals surface area contributed by atoms with Crippen LogP contribution in [0.1, 0.15) is 27.2 Å². The number of benzene rings is 2. The Kier molecular flexibility index (Phi) is 6.51. The highest BCUT2D eigenvalue weighted by Crippen LogP contribution is 2.31. The number of aromatic nitrogens is 1. The first-order valence-corrected chi connectivity index (χ1v) is 9.88. The number of hydrogen-bond donors (Lipinski definition) is 2. The molecule has 0 saturated carbocycles. The van der Waals surface area contributed by atoms with E-state index in [0.29, 0.717) is 34.8 Å². The number of hydrogen-bond acceptors (Lipinski definition) is 4. The van der Waals surface area contributed by atoms with Gasteiger partial charge in [-0.25, -0.2) is 4.98 Å². The lowest BCUT2D eigenvalue weighted by Gasteiger charge is -2.06. The Balaban J connectivity index is 1.52. The molecule has 0 aliphatic heterocycles. The standard InChI is InChI=1S/C21H18F3N3O2S/c22-21(23,24)16-6-4-14(5-7-16)20-27-17(12-30-20)11-18(28)26-9-8-13-2-1-3-15(10-13)19(25)29/h1-7,10,12H,8-9,11H2,(H2,25,29)(H,26,28). The van der Waals surface area contributed by atoms with E-state index in [9.17, 15) is 22.8 Å². The van der Waals surface area contributed by atoms with E-state index >= 15 is 0 Å². The van der Waals surface area contributed by atoms with E-state index in [1.807, 2.05) is 6.07 Å². The van der Waals surface area contributed by atoms with Gasteiger partial charge in [-0.1, -0.05) is 24.3 Å². The molecule has 0 bridgehead atoms. The van der Waals surface area contributed by atoms with Crippen LogP contribution in [0.2, 0.25) is 0 Å². The largest absolute Gasteiger partial charge is 0.416 e. The van der Waals surface area contributed by atoms with E-state index in [1.165, 1.54) is 23.5 Å². The zero-order valence-electron chi connectivity index (χ0n) is 15.7. The number of carbonyl (C=O) groups is 2. The molecular formula is C21H18F3N3O2S. The number of alkyl halides is 3. The van der Waals surface area contributed by atoms with E-state index in [4.69, 9.17) is 5.73 Å².